The number of thioether (sulfide) groups is 2. The van der Waals surface area contributed by atoms with Crippen molar-refractivity contribution in [3.8, 4) is 82.4 Å². The molecule has 0 atom stereocenters. The highest BCUT2D eigenvalue weighted by molar-refractivity contribution is 8.03. The van der Waals surface area contributed by atoms with E-state index in [2.05, 4.69) is 118 Å². The summed E-state index contributed by atoms with van der Waals surface area (Å²) in [5, 5.41) is 2.85. The van der Waals surface area contributed by atoms with Gasteiger partial charge in [-0.15, -0.1) is 6.42 Å². The van der Waals surface area contributed by atoms with Crippen LogP contribution in [0.5, 0.6) is 11.5 Å². The van der Waals surface area contributed by atoms with E-state index in [0.717, 1.165) is 37.8 Å². The second-order valence-corrected chi connectivity index (χ2v) is 15.5. The van der Waals surface area contributed by atoms with Crippen LogP contribution in [0, 0.1) is 84.7 Å². The maximum absolute atomic E-state index is 12.8. The highest BCUT2D eigenvalue weighted by Crippen LogP contribution is 2.43. The number of aryl methyl sites for hydroxylation is 2. The highest BCUT2D eigenvalue weighted by Gasteiger charge is 2.25. The first-order valence-corrected chi connectivity index (χ1v) is 18.3. The quantitative estimate of drug-likeness (QED) is 0.107. The van der Waals surface area contributed by atoms with Crippen LogP contribution in [-0.2, 0) is 20.4 Å². The van der Waals surface area contributed by atoms with Crippen molar-refractivity contribution in [2.24, 2.45) is 0 Å². The number of rotatable bonds is 10. The predicted molar refractivity (Wildman–Crippen MR) is 203 cm³/mol. The van der Waals surface area contributed by atoms with Gasteiger partial charge in [-0.05, 0) is 131 Å². The molecule has 0 heterocycles. The summed E-state index contributed by atoms with van der Waals surface area (Å²) < 4.78 is 11.7. The van der Waals surface area contributed by atoms with Gasteiger partial charge >= 0.3 is 11.9 Å². The fraction of sp³-hybridized carbons (Fsp3) is 0.366. The van der Waals surface area contributed by atoms with Gasteiger partial charge < -0.3 is 9.47 Å². The zero-order valence-electron chi connectivity index (χ0n) is 29.1. The number of carbonyl (C=O) groups is 2. The Labute approximate surface area is 300 Å². The number of carbonyl (C=O) groups excluding carboxylic acids is 2. The molecule has 48 heavy (non-hydrogen) atoms. The fourth-order valence-corrected chi connectivity index (χ4v) is 5.93. The Kier molecular flexibility index (Phi) is 16.3. The molecule has 4 nitrogen and oxygen atoms in total. The summed E-state index contributed by atoms with van der Waals surface area (Å²) >= 11 is 4.57. The largest absolute Gasteiger partial charge is 0.426 e. The molecule has 0 aliphatic heterocycles. The third-order valence-electron chi connectivity index (χ3n) is 6.45. The Morgan fingerprint density at radius 2 is 1.08 bits per heavy atom. The van der Waals surface area contributed by atoms with Crippen molar-refractivity contribution < 1.29 is 19.1 Å². The van der Waals surface area contributed by atoms with Crippen LogP contribution in [0.3, 0.4) is 0 Å². The van der Waals surface area contributed by atoms with E-state index < -0.39 is 0 Å². The van der Waals surface area contributed by atoms with Crippen molar-refractivity contribution in [1.29, 1.82) is 0 Å². The topological polar surface area (TPSA) is 52.6 Å². The zero-order chi connectivity index (χ0) is 35.7. The molecule has 0 aliphatic carbocycles. The molecule has 0 saturated carbocycles. The molecule has 0 fully saturated rings. The standard InChI is InChI=1S/C41H40O4S3/c1-11-12-13-14-15-16-17-18-19-20-23-47-25-22-39(43)45-35-27-31(3)37(29-33(35)41(7,8)9)48-36-28-32(40(4,5)6)34(26-30(36)2)44-38(42)21-24-46-10/h1,26-29H,21-22,24-25H2,2-10H3. The molecular formula is C41H40O4S3. The van der Waals surface area contributed by atoms with Crippen LogP contribution < -0.4 is 9.47 Å². The molecule has 0 bridgehead atoms. The van der Waals surface area contributed by atoms with Crippen LogP contribution >= 0.6 is 35.3 Å². The number of terminal acetylenes is 1. The minimum atomic E-state index is -0.327. The van der Waals surface area contributed by atoms with Gasteiger partial charge in [0.1, 0.15) is 11.5 Å². The van der Waals surface area contributed by atoms with Crippen molar-refractivity contribution in [3.63, 3.8) is 0 Å². The zero-order valence-corrected chi connectivity index (χ0v) is 31.5. The summed E-state index contributed by atoms with van der Waals surface area (Å²) in [6, 6.07) is 8.16. The van der Waals surface area contributed by atoms with Gasteiger partial charge in [0.25, 0.3) is 0 Å². The van der Waals surface area contributed by atoms with E-state index in [4.69, 9.17) is 15.9 Å². The molecule has 0 spiro atoms. The minimum absolute atomic E-state index is 0.197. The van der Waals surface area contributed by atoms with Crippen molar-refractivity contribution >= 4 is 47.2 Å². The summed E-state index contributed by atoms with van der Waals surface area (Å²) in [4.78, 5) is 27.4. The number of benzene rings is 2. The van der Waals surface area contributed by atoms with Crippen LogP contribution in [0.25, 0.3) is 0 Å². The SMILES string of the molecule is C#CC#CC#CC#CC#CC#CSCCC(=O)Oc1cc(C)c(Sc2cc(C(C)(C)C)c(OC(=O)CCSC)cc2C)cc1C(C)(C)C. The van der Waals surface area contributed by atoms with Gasteiger partial charge in [-0.1, -0.05) is 65.1 Å². The van der Waals surface area contributed by atoms with Gasteiger partial charge in [0.15, 0.2) is 0 Å². The number of hydrogen-bond donors (Lipinski definition) is 0. The van der Waals surface area contributed by atoms with Crippen molar-refractivity contribution in [3.05, 3.63) is 46.5 Å². The fourth-order valence-electron chi connectivity index (χ4n) is 4.04. The summed E-state index contributed by atoms with van der Waals surface area (Å²) in [5.74, 6) is 26.8. The summed E-state index contributed by atoms with van der Waals surface area (Å²) in [7, 11) is 0. The average Bonchev–Trinajstić information content (AvgIpc) is 2.99. The summed E-state index contributed by atoms with van der Waals surface area (Å²) in [5.41, 5.74) is 3.42. The van der Waals surface area contributed by atoms with E-state index in [0.29, 0.717) is 23.7 Å². The highest BCUT2D eigenvalue weighted by atomic mass is 32.2. The Hall–Kier alpha value is -4.21. The molecule has 0 aromatic heterocycles. The van der Waals surface area contributed by atoms with Crippen molar-refractivity contribution in [2.75, 3.05) is 17.8 Å². The molecule has 0 N–H and O–H groups in total. The lowest BCUT2D eigenvalue weighted by Crippen LogP contribution is -2.17. The Morgan fingerprint density at radius 1 is 0.667 bits per heavy atom. The van der Waals surface area contributed by atoms with Crippen LogP contribution in [0.2, 0.25) is 0 Å². The Morgan fingerprint density at radius 3 is 1.50 bits per heavy atom. The van der Waals surface area contributed by atoms with Gasteiger partial charge in [-0.25, -0.2) is 0 Å². The molecule has 0 saturated heterocycles. The molecule has 0 aliphatic rings. The first kappa shape index (κ1) is 40.0. The minimum Gasteiger partial charge on any atom is -0.426 e. The number of hydrogen-bond acceptors (Lipinski definition) is 7. The Bertz CT molecular complexity index is 1880. The van der Waals surface area contributed by atoms with E-state index in [-0.39, 0.29) is 29.2 Å². The third kappa shape index (κ3) is 13.9. The molecule has 2 aromatic rings. The molecule has 2 aromatic carbocycles. The maximum atomic E-state index is 12.8. The molecule has 0 unspecified atom stereocenters. The molecule has 0 amide bonds. The van der Waals surface area contributed by atoms with Crippen LogP contribution in [0.4, 0.5) is 0 Å². The smallest absolute Gasteiger partial charge is 0.312 e. The van der Waals surface area contributed by atoms with E-state index in [1.807, 2.05) is 32.2 Å². The normalized spacial score (nSPS) is 10.1. The first-order chi connectivity index (χ1) is 22.7. The second kappa shape index (κ2) is 19.6. The van der Waals surface area contributed by atoms with Gasteiger partial charge in [0.05, 0.1) is 12.8 Å². The van der Waals surface area contributed by atoms with Crippen LogP contribution in [0.15, 0.2) is 34.1 Å². The number of ether oxygens (including phenoxy) is 2. The van der Waals surface area contributed by atoms with E-state index in [9.17, 15) is 9.59 Å². The van der Waals surface area contributed by atoms with Gasteiger partial charge in [-0.2, -0.15) is 11.8 Å². The van der Waals surface area contributed by atoms with Crippen molar-refractivity contribution in [1.82, 2.24) is 0 Å². The lowest BCUT2D eigenvalue weighted by atomic mass is 9.85. The molecule has 2 rings (SSSR count). The van der Waals surface area contributed by atoms with Crippen LogP contribution in [-0.4, -0.2) is 29.7 Å². The monoisotopic (exact) mass is 692 g/mol. The average molecular weight is 693 g/mol. The summed E-state index contributed by atoms with van der Waals surface area (Å²) in [6.45, 7) is 16.7. The van der Waals surface area contributed by atoms with E-state index in [1.165, 1.54) is 11.8 Å². The van der Waals surface area contributed by atoms with Crippen molar-refractivity contribution in [2.45, 2.75) is 88.9 Å². The molecular weight excluding hydrogens is 653 g/mol. The van der Waals surface area contributed by atoms with E-state index >= 15 is 0 Å². The van der Waals surface area contributed by atoms with Gasteiger partial charge in [-0.3, -0.25) is 9.59 Å². The maximum Gasteiger partial charge on any atom is 0.312 e. The van der Waals surface area contributed by atoms with E-state index in [1.54, 1.807) is 23.5 Å². The van der Waals surface area contributed by atoms with Gasteiger partial charge in [0, 0.05) is 32.4 Å². The number of esters is 2. The van der Waals surface area contributed by atoms with Crippen LogP contribution in [0.1, 0.15) is 76.6 Å². The van der Waals surface area contributed by atoms with Gasteiger partial charge in [0.2, 0.25) is 0 Å². The lowest BCUT2D eigenvalue weighted by Gasteiger charge is -2.26. The molecule has 7 heteroatoms. The molecule has 246 valence electrons. The molecule has 0 radical (unpaired) electrons. The summed E-state index contributed by atoms with van der Waals surface area (Å²) in [6.07, 6.45) is 7.54. The second-order valence-electron chi connectivity index (χ2n) is 12.5. The third-order valence-corrected chi connectivity index (χ3v) is 9.04. The lowest BCUT2D eigenvalue weighted by molar-refractivity contribution is -0.134. The predicted octanol–water partition coefficient (Wildman–Crippen LogP) is 8.34. The first-order valence-electron chi connectivity index (χ1n) is 15.1. The Balaban J connectivity index is 2.20.